The van der Waals surface area contributed by atoms with E-state index in [1.807, 2.05) is 18.2 Å². The van der Waals surface area contributed by atoms with Crippen molar-refractivity contribution < 1.29 is 4.39 Å². The summed E-state index contributed by atoms with van der Waals surface area (Å²) in [5.74, 6) is 0. The normalized spacial score (nSPS) is 20.9. The van der Waals surface area contributed by atoms with Gasteiger partial charge in [-0.25, -0.2) is 4.39 Å². The molecule has 16 heavy (non-hydrogen) atoms. The Balaban J connectivity index is 2.45. The van der Waals surface area contributed by atoms with Gasteiger partial charge in [-0.1, -0.05) is 37.1 Å². The molecular weight excluding hydrogens is 201 g/mol. The lowest BCUT2D eigenvalue weighted by Gasteiger charge is -2.30. The molecule has 88 valence electrons. The minimum absolute atomic E-state index is 0.0386. The predicted octanol–water partition coefficient (Wildman–Crippen LogP) is 3.49. The first-order valence-electron chi connectivity index (χ1n) is 6.13. The Morgan fingerprint density at radius 3 is 2.50 bits per heavy atom. The van der Waals surface area contributed by atoms with Crippen molar-refractivity contribution in [2.24, 2.45) is 5.73 Å². The zero-order valence-electron chi connectivity index (χ0n) is 9.88. The molecule has 2 heteroatoms. The van der Waals surface area contributed by atoms with Gasteiger partial charge in [0.05, 0.1) is 0 Å². The third kappa shape index (κ3) is 1.86. The second-order valence-electron chi connectivity index (χ2n) is 4.89. The molecule has 1 saturated carbocycles. The second-order valence-corrected chi connectivity index (χ2v) is 4.89. The van der Waals surface area contributed by atoms with Crippen LogP contribution in [0.3, 0.4) is 0 Å². The van der Waals surface area contributed by atoms with Crippen LogP contribution in [0.4, 0.5) is 4.39 Å². The van der Waals surface area contributed by atoms with Crippen LogP contribution in [-0.4, -0.2) is 6.54 Å². The molecule has 1 atom stereocenters. The Labute approximate surface area is 96.9 Å². The monoisotopic (exact) mass is 221 g/mol. The average molecular weight is 221 g/mol. The number of alkyl halides is 1. The maximum absolute atomic E-state index is 13.6. The van der Waals surface area contributed by atoms with Gasteiger partial charge in [-0.2, -0.15) is 0 Å². The maximum atomic E-state index is 13.6. The maximum Gasteiger partial charge on any atom is 0.123 e. The minimum Gasteiger partial charge on any atom is -0.330 e. The summed E-state index contributed by atoms with van der Waals surface area (Å²) >= 11 is 0. The molecule has 2 rings (SSSR count). The Morgan fingerprint density at radius 2 is 1.94 bits per heavy atom. The van der Waals surface area contributed by atoms with Gasteiger partial charge in [-0.05, 0) is 30.9 Å². The van der Waals surface area contributed by atoms with Crippen LogP contribution >= 0.6 is 0 Å². The smallest absolute Gasteiger partial charge is 0.123 e. The van der Waals surface area contributed by atoms with Crippen LogP contribution in [0.25, 0.3) is 0 Å². The van der Waals surface area contributed by atoms with Crippen LogP contribution in [0.5, 0.6) is 0 Å². The highest BCUT2D eigenvalue weighted by atomic mass is 19.1. The molecule has 1 aliphatic carbocycles. The van der Waals surface area contributed by atoms with Crippen molar-refractivity contribution in [2.75, 3.05) is 6.54 Å². The number of hydrogen-bond donors (Lipinski definition) is 1. The molecule has 0 amide bonds. The lowest BCUT2D eigenvalue weighted by Crippen LogP contribution is -2.33. The summed E-state index contributed by atoms with van der Waals surface area (Å²) in [5.41, 5.74) is 7.96. The van der Waals surface area contributed by atoms with E-state index in [1.54, 1.807) is 6.92 Å². The fourth-order valence-corrected chi connectivity index (χ4v) is 2.96. The van der Waals surface area contributed by atoms with Crippen molar-refractivity contribution >= 4 is 0 Å². The Hall–Kier alpha value is -0.890. The molecular formula is C14H20FN. The highest BCUT2D eigenvalue weighted by Crippen LogP contribution is 2.43. The van der Waals surface area contributed by atoms with Gasteiger partial charge in [0, 0.05) is 12.0 Å². The SMILES string of the molecule is CC(F)c1ccccc1C1(CN)CCCC1. The van der Waals surface area contributed by atoms with Gasteiger partial charge in [-0.15, -0.1) is 0 Å². The first-order chi connectivity index (χ1) is 7.69. The van der Waals surface area contributed by atoms with Crippen LogP contribution in [0.1, 0.15) is 49.9 Å². The Bertz CT molecular complexity index is 354. The molecule has 0 bridgehead atoms. The molecule has 0 aromatic heterocycles. The first-order valence-corrected chi connectivity index (χ1v) is 6.13. The van der Waals surface area contributed by atoms with E-state index >= 15 is 0 Å². The molecule has 0 radical (unpaired) electrons. The Kier molecular flexibility index (Phi) is 3.29. The van der Waals surface area contributed by atoms with E-state index in [0.29, 0.717) is 6.54 Å². The summed E-state index contributed by atoms with van der Waals surface area (Å²) in [6.07, 6.45) is 3.74. The second kappa shape index (κ2) is 4.54. The van der Waals surface area contributed by atoms with E-state index in [0.717, 1.165) is 24.0 Å². The van der Waals surface area contributed by atoms with Crippen molar-refractivity contribution in [3.8, 4) is 0 Å². The van der Waals surface area contributed by atoms with Gasteiger partial charge in [0.1, 0.15) is 6.17 Å². The number of halogens is 1. The summed E-state index contributed by atoms with van der Waals surface area (Å²) < 4.78 is 13.6. The predicted molar refractivity (Wildman–Crippen MR) is 65.2 cm³/mol. The Morgan fingerprint density at radius 1 is 1.31 bits per heavy atom. The average Bonchev–Trinajstić information content (AvgIpc) is 2.78. The largest absolute Gasteiger partial charge is 0.330 e. The first kappa shape index (κ1) is 11.6. The molecule has 1 aromatic rings. The van der Waals surface area contributed by atoms with Gasteiger partial charge in [0.25, 0.3) is 0 Å². The van der Waals surface area contributed by atoms with Crippen LogP contribution in [-0.2, 0) is 5.41 Å². The summed E-state index contributed by atoms with van der Waals surface area (Å²) in [6, 6.07) is 7.87. The van der Waals surface area contributed by atoms with E-state index in [9.17, 15) is 4.39 Å². The molecule has 1 nitrogen and oxygen atoms in total. The molecule has 1 aromatic carbocycles. The summed E-state index contributed by atoms with van der Waals surface area (Å²) in [5, 5.41) is 0. The topological polar surface area (TPSA) is 26.0 Å². The zero-order valence-corrected chi connectivity index (χ0v) is 9.88. The standard InChI is InChI=1S/C14H20FN/c1-11(15)12-6-2-3-7-13(12)14(10-16)8-4-5-9-14/h2-3,6-7,11H,4-5,8-10,16H2,1H3. The van der Waals surface area contributed by atoms with Crippen LogP contribution in [0, 0.1) is 0 Å². The summed E-state index contributed by atoms with van der Waals surface area (Å²) in [7, 11) is 0. The third-order valence-corrected chi connectivity index (χ3v) is 3.91. The quantitative estimate of drug-likeness (QED) is 0.830. The van der Waals surface area contributed by atoms with E-state index in [2.05, 4.69) is 6.07 Å². The third-order valence-electron chi connectivity index (χ3n) is 3.91. The lowest BCUT2D eigenvalue weighted by atomic mass is 9.76. The molecule has 0 aliphatic heterocycles. The lowest BCUT2D eigenvalue weighted by molar-refractivity contribution is 0.359. The molecule has 1 aliphatic rings. The van der Waals surface area contributed by atoms with Gasteiger partial charge in [0.2, 0.25) is 0 Å². The summed E-state index contributed by atoms with van der Waals surface area (Å²) in [4.78, 5) is 0. The minimum atomic E-state index is -0.903. The summed E-state index contributed by atoms with van der Waals surface area (Å²) in [6.45, 7) is 2.24. The van der Waals surface area contributed by atoms with Crippen LogP contribution in [0.15, 0.2) is 24.3 Å². The molecule has 0 spiro atoms. The fourth-order valence-electron chi connectivity index (χ4n) is 2.96. The number of hydrogen-bond acceptors (Lipinski definition) is 1. The number of nitrogens with two attached hydrogens (primary N) is 1. The molecule has 1 unspecified atom stereocenters. The van der Waals surface area contributed by atoms with E-state index < -0.39 is 6.17 Å². The van der Waals surface area contributed by atoms with Gasteiger partial charge in [-0.3, -0.25) is 0 Å². The highest BCUT2D eigenvalue weighted by molar-refractivity contribution is 5.37. The van der Waals surface area contributed by atoms with Crippen molar-refractivity contribution in [3.63, 3.8) is 0 Å². The molecule has 0 heterocycles. The van der Waals surface area contributed by atoms with Gasteiger partial charge < -0.3 is 5.73 Å². The number of benzene rings is 1. The van der Waals surface area contributed by atoms with Gasteiger partial charge in [0.15, 0.2) is 0 Å². The highest BCUT2D eigenvalue weighted by Gasteiger charge is 2.36. The van der Waals surface area contributed by atoms with Crippen LogP contribution < -0.4 is 5.73 Å². The van der Waals surface area contributed by atoms with Crippen LogP contribution in [0.2, 0.25) is 0 Å². The molecule has 1 fully saturated rings. The molecule has 0 saturated heterocycles. The van der Waals surface area contributed by atoms with E-state index in [4.69, 9.17) is 5.73 Å². The fraction of sp³-hybridized carbons (Fsp3) is 0.571. The van der Waals surface area contributed by atoms with Crippen molar-refractivity contribution in [3.05, 3.63) is 35.4 Å². The van der Waals surface area contributed by atoms with Crippen molar-refractivity contribution in [1.29, 1.82) is 0 Å². The molecule has 2 N–H and O–H groups in total. The number of rotatable bonds is 3. The van der Waals surface area contributed by atoms with E-state index in [1.165, 1.54) is 12.8 Å². The van der Waals surface area contributed by atoms with Crippen molar-refractivity contribution in [2.45, 2.75) is 44.2 Å². The van der Waals surface area contributed by atoms with Crippen molar-refractivity contribution in [1.82, 2.24) is 0 Å². The zero-order chi connectivity index (χ0) is 11.6. The van der Waals surface area contributed by atoms with E-state index in [-0.39, 0.29) is 5.41 Å². The van der Waals surface area contributed by atoms with Gasteiger partial charge >= 0.3 is 0 Å².